The third kappa shape index (κ3) is 7.40. The summed E-state index contributed by atoms with van der Waals surface area (Å²) in [5.41, 5.74) is 2.79. The summed E-state index contributed by atoms with van der Waals surface area (Å²) >= 11 is 1.40. The van der Waals surface area contributed by atoms with Crippen LogP contribution in [-0.4, -0.2) is 73.2 Å². The van der Waals surface area contributed by atoms with Gasteiger partial charge in [0.05, 0.1) is 35.5 Å². The van der Waals surface area contributed by atoms with Gasteiger partial charge in [0.2, 0.25) is 0 Å². The highest BCUT2D eigenvalue weighted by atomic mass is 32.1. The van der Waals surface area contributed by atoms with Crippen LogP contribution >= 0.6 is 11.3 Å². The Morgan fingerprint density at radius 3 is 2.68 bits per heavy atom. The zero-order valence-corrected chi connectivity index (χ0v) is 23.3. The van der Waals surface area contributed by atoms with Crippen molar-refractivity contribution in [3.63, 3.8) is 0 Å². The van der Waals surface area contributed by atoms with E-state index in [4.69, 9.17) is 9.47 Å². The van der Waals surface area contributed by atoms with E-state index >= 15 is 0 Å². The van der Waals surface area contributed by atoms with Crippen molar-refractivity contribution in [2.24, 2.45) is 10.4 Å². The van der Waals surface area contributed by atoms with Gasteiger partial charge in [0.1, 0.15) is 5.82 Å². The van der Waals surface area contributed by atoms with Gasteiger partial charge in [-0.25, -0.2) is 14.8 Å². The second-order valence-corrected chi connectivity index (χ2v) is 10.3. The van der Waals surface area contributed by atoms with Crippen molar-refractivity contribution >= 4 is 50.5 Å². The van der Waals surface area contributed by atoms with Crippen LogP contribution in [0.15, 0.2) is 35.6 Å². The molecule has 10 nitrogen and oxygen atoms in total. The minimum Gasteiger partial charge on any atom is -0.481 e. The highest BCUT2D eigenvalue weighted by molar-refractivity contribution is 7.22. The average Bonchev–Trinajstić information content (AvgIpc) is 3.29. The molecule has 1 aliphatic rings. The molecule has 38 heavy (non-hydrogen) atoms. The first-order valence-corrected chi connectivity index (χ1v) is 13.5. The minimum atomic E-state index is -0.758. The van der Waals surface area contributed by atoms with E-state index in [0.29, 0.717) is 63.2 Å². The fraction of sp³-hybridized carbons (Fsp3) is 0.481. The zero-order valence-electron chi connectivity index (χ0n) is 22.5. The van der Waals surface area contributed by atoms with Crippen LogP contribution < -0.4 is 10.6 Å². The number of piperidine rings is 1. The molecule has 0 bridgehead atoms. The number of hydrogen-bond acceptors (Lipinski definition) is 8. The van der Waals surface area contributed by atoms with Gasteiger partial charge in [-0.3, -0.25) is 10.1 Å². The number of anilines is 1. The molecule has 3 N–H and O–H groups in total. The Labute approximate surface area is 227 Å². The number of hydrogen-bond donors (Lipinski definition) is 3. The lowest BCUT2D eigenvalue weighted by molar-refractivity contribution is -0.150. The summed E-state index contributed by atoms with van der Waals surface area (Å²) in [6, 6.07) is 3.72. The van der Waals surface area contributed by atoms with E-state index in [1.54, 1.807) is 20.2 Å². The van der Waals surface area contributed by atoms with Crippen LogP contribution in [0.3, 0.4) is 0 Å². The molecule has 0 radical (unpaired) electrons. The highest BCUT2D eigenvalue weighted by Gasteiger charge is 2.37. The smallest absolute Gasteiger partial charge is 0.321 e. The summed E-state index contributed by atoms with van der Waals surface area (Å²) in [7, 11) is 1.63. The van der Waals surface area contributed by atoms with Crippen molar-refractivity contribution < 1.29 is 24.2 Å². The Hall–Kier alpha value is -3.28. The number of allylic oxidation sites excluding steroid dienone is 2. The highest BCUT2D eigenvalue weighted by Crippen LogP contribution is 2.34. The van der Waals surface area contributed by atoms with E-state index in [1.165, 1.54) is 11.3 Å². The first kappa shape index (κ1) is 29.3. The van der Waals surface area contributed by atoms with Gasteiger partial charge >= 0.3 is 12.0 Å². The summed E-state index contributed by atoms with van der Waals surface area (Å²) in [6.45, 7) is 12.7. The van der Waals surface area contributed by atoms with Gasteiger partial charge in [0.25, 0.3) is 0 Å². The molecule has 1 saturated heterocycles. The number of urea groups is 1. The number of methoxy groups -OCH3 is 1. The SMILES string of the molecule is C=C(/N=C\C(=C/C)c1cc(COCCOC)c2sc(NC(=O)NCC)nc2c1)N1CCC(C)(C(=O)O)CC1. The number of benzene rings is 1. The Morgan fingerprint density at radius 2 is 2.05 bits per heavy atom. The maximum Gasteiger partial charge on any atom is 0.321 e. The zero-order chi connectivity index (χ0) is 27.7. The Bertz CT molecular complexity index is 1210. The summed E-state index contributed by atoms with van der Waals surface area (Å²) < 4.78 is 11.8. The Balaban J connectivity index is 1.82. The lowest BCUT2D eigenvalue weighted by Gasteiger charge is -2.37. The van der Waals surface area contributed by atoms with E-state index < -0.39 is 11.4 Å². The minimum absolute atomic E-state index is 0.300. The van der Waals surface area contributed by atoms with Crippen LogP contribution in [0.5, 0.6) is 0 Å². The van der Waals surface area contributed by atoms with Crippen LogP contribution in [0.1, 0.15) is 44.7 Å². The van der Waals surface area contributed by atoms with Crippen molar-refractivity contribution in [3.8, 4) is 0 Å². The van der Waals surface area contributed by atoms with Gasteiger partial charge < -0.3 is 24.8 Å². The number of nitrogens with zero attached hydrogens (tertiary/aromatic N) is 3. The van der Waals surface area contributed by atoms with Crippen LogP contribution in [0.25, 0.3) is 15.8 Å². The van der Waals surface area contributed by atoms with Crippen molar-refractivity contribution in [2.75, 3.05) is 45.3 Å². The number of ether oxygens (including phenoxy) is 2. The number of amides is 2. The first-order valence-electron chi connectivity index (χ1n) is 12.6. The van der Waals surface area contributed by atoms with Gasteiger partial charge in [-0.2, -0.15) is 0 Å². The van der Waals surface area contributed by atoms with Crippen molar-refractivity contribution in [2.45, 2.75) is 40.2 Å². The van der Waals surface area contributed by atoms with Crippen molar-refractivity contribution in [3.05, 3.63) is 41.7 Å². The normalized spacial score (nSPS) is 15.7. The largest absolute Gasteiger partial charge is 0.481 e. The Kier molecular flexibility index (Phi) is 10.4. The quantitative estimate of drug-likeness (QED) is 0.261. The van der Waals surface area contributed by atoms with Gasteiger partial charge in [-0.15, -0.1) is 0 Å². The lowest BCUT2D eigenvalue weighted by atomic mass is 9.80. The molecule has 11 heteroatoms. The topological polar surface area (TPSA) is 125 Å². The molecule has 2 aromatic rings. The van der Waals surface area contributed by atoms with Gasteiger partial charge in [-0.05, 0) is 62.4 Å². The molecule has 0 atom stereocenters. The van der Waals surface area contributed by atoms with Crippen molar-refractivity contribution in [1.82, 2.24) is 15.2 Å². The molecule has 0 spiro atoms. The van der Waals surface area contributed by atoms with E-state index in [2.05, 4.69) is 27.2 Å². The number of carboxylic acid groups (broad SMARTS) is 1. The number of carbonyl (C=O) groups excluding carboxylic acids is 1. The second-order valence-electron chi connectivity index (χ2n) is 9.30. The molecule has 2 amide bonds. The van der Waals surface area contributed by atoms with Crippen LogP contribution in [-0.2, 0) is 20.9 Å². The number of fused-ring (bicyclic) bond motifs is 1. The van der Waals surface area contributed by atoms with E-state index in [0.717, 1.165) is 26.9 Å². The second kappa shape index (κ2) is 13.5. The number of rotatable bonds is 12. The molecular weight excluding hydrogens is 506 g/mol. The standard InChI is InChI=1S/C27H37N5O5S/c1-6-19(16-29-18(3)32-10-8-27(4,9-11-32)24(33)34)20-14-21(17-37-13-12-36-5)23-22(15-20)30-26(38-23)31-25(35)28-7-2/h6,14-16H,3,7-13,17H2,1-2,4-5H3,(H,33,34)(H2,28,30,31,35)/b19-6+,29-16-. The third-order valence-electron chi connectivity index (χ3n) is 6.56. The third-order valence-corrected chi connectivity index (χ3v) is 7.62. The molecule has 0 saturated carbocycles. The number of carbonyl (C=O) groups is 2. The Morgan fingerprint density at radius 1 is 1.32 bits per heavy atom. The van der Waals surface area contributed by atoms with Gasteiger partial charge in [-0.1, -0.05) is 24.0 Å². The fourth-order valence-corrected chi connectivity index (χ4v) is 5.01. The number of aliphatic imine (C=N–C) groups is 1. The molecule has 1 aliphatic heterocycles. The summed E-state index contributed by atoms with van der Waals surface area (Å²) in [5, 5.41) is 15.5. The number of thiazole rings is 1. The maximum atomic E-state index is 12.0. The number of aliphatic carboxylic acids is 1. The molecule has 3 rings (SSSR count). The molecule has 1 aromatic carbocycles. The summed E-state index contributed by atoms with van der Waals surface area (Å²) in [5.74, 6) is -0.158. The number of nitrogens with one attached hydrogen (secondary N) is 2. The molecule has 1 aromatic heterocycles. The molecule has 0 unspecified atom stereocenters. The summed E-state index contributed by atoms with van der Waals surface area (Å²) in [6.07, 6.45) is 4.83. The van der Waals surface area contributed by atoms with Crippen LogP contribution in [0.4, 0.5) is 9.93 Å². The van der Waals surface area contributed by atoms with Crippen LogP contribution in [0.2, 0.25) is 0 Å². The van der Waals surface area contributed by atoms with Gasteiger partial charge in [0.15, 0.2) is 5.13 Å². The van der Waals surface area contributed by atoms with Gasteiger partial charge in [0, 0.05) is 33.0 Å². The predicted molar refractivity (Wildman–Crippen MR) is 152 cm³/mol. The number of aromatic nitrogens is 1. The van der Waals surface area contributed by atoms with Crippen molar-refractivity contribution in [1.29, 1.82) is 0 Å². The predicted octanol–water partition coefficient (Wildman–Crippen LogP) is 4.73. The van der Waals surface area contributed by atoms with E-state index in [1.807, 2.05) is 37.0 Å². The number of carboxylic acids is 1. The molecule has 1 fully saturated rings. The van der Waals surface area contributed by atoms with E-state index in [9.17, 15) is 14.7 Å². The van der Waals surface area contributed by atoms with E-state index in [-0.39, 0.29) is 6.03 Å². The monoisotopic (exact) mass is 543 g/mol. The fourth-order valence-electron chi connectivity index (χ4n) is 4.07. The molecule has 0 aliphatic carbocycles. The first-order chi connectivity index (χ1) is 18.2. The lowest BCUT2D eigenvalue weighted by Crippen LogP contribution is -2.41. The average molecular weight is 544 g/mol. The maximum absolute atomic E-state index is 12.0. The summed E-state index contributed by atoms with van der Waals surface area (Å²) in [4.78, 5) is 34.8. The molecular formula is C27H37N5O5S. The van der Waals surface area contributed by atoms with Crippen LogP contribution in [0, 0.1) is 5.41 Å². The number of likely N-dealkylation sites (tertiary alicyclic amines) is 1. The molecule has 206 valence electrons. The molecule has 2 heterocycles.